The molecule has 0 unspecified atom stereocenters. The first-order chi connectivity index (χ1) is 13.0. The molecule has 1 aromatic heterocycles. The number of carbonyl (C=O) groups is 1. The number of unbranched alkanes of at least 4 members (excludes halogenated alkanes) is 1. The Balaban J connectivity index is 1.48. The predicted octanol–water partition coefficient (Wildman–Crippen LogP) is 1.18. The maximum atomic E-state index is 12.4. The Bertz CT molecular complexity index is 633. The van der Waals surface area contributed by atoms with Gasteiger partial charge in [0, 0.05) is 13.1 Å². The van der Waals surface area contributed by atoms with E-state index in [2.05, 4.69) is 33.0 Å². The minimum absolute atomic E-state index is 0.0291. The van der Waals surface area contributed by atoms with E-state index in [9.17, 15) is 9.90 Å². The van der Waals surface area contributed by atoms with Crippen molar-refractivity contribution in [2.75, 3.05) is 26.2 Å². The molecule has 2 atom stereocenters. The number of likely N-dealkylation sites (tertiary alicyclic amines) is 1. The van der Waals surface area contributed by atoms with Crippen molar-refractivity contribution in [3.8, 4) is 0 Å². The van der Waals surface area contributed by atoms with Gasteiger partial charge in [-0.1, -0.05) is 13.3 Å². The van der Waals surface area contributed by atoms with Crippen LogP contribution in [0.3, 0.4) is 0 Å². The number of aliphatic hydroxyl groups excluding tert-OH is 1. The topological polar surface area (TPSA) is 82.9 Å². The molecule has 1 fully saturated rings. The molecule has 2 aliphatic heterocycles. The van der Waals surface area contributed by atoms with Crippen LogP contribution in [-0.2, 0) is 24.4 Å². The van der Waals surface area contributed by atoms with E-state index in [1.807, 2.05) is 13.8 Å². The maximum absolute atomic E-state index is 12.4. The van der Waals surface area contributed by atoms with E-state index in [1.54, 1.807) is 4.90 Å². The number of urea groups is 1. The number of amides is 2. The highest BCUT2D eigenvalue weighted by atomic mass is 16.5. The molecule has 3 rings (SSSR count). The van der Waals surface area contributed by atoms with Crippen LogP contribution in [-0.4, -0.2) is 75.2 Å². The van der Waals surface area contributed by atoms with E-state index >= 15 is 0 Å². The lowest BCUT2D eigenvalue weighted by Crippen LogP contribution is -2.39. The number of aliphatic hydroxyl groups is 1. The van der Waals surface area contributed by atoms with Crippen molar-refractivity contribution in [2.45, 2.75) is 71.6 Å². The molecule has 0 radical (unpaired) electrons. The Morgan fingerprint density at radius 1 is 1.41 bits per heavy atom. The fourth-order valence-electron chi connectivity index (χ4n) is 3.72. The highest BCUT2D eigenvalue weighted by Crippen LogP contribution is 2.17. The van der Waals surface area contributed by atoms with Crippen molar-refractivity contribution in [3.05, 3.63) is 17.5 Å². The first-order valence-electron chi connectivity index (χ1n) is 10.1. The molecule has 2 N–H and O–H groups in total. The summed E-state index contributed by atoms with van der Waals surface area (Å²) in [5, 5.41) is 17.6. The van der Waals surface area contributed by atoms with Crippen LogP contribution in [0.5, 0.6) is 0 Å². The van der Waals surface area contributed by atoms with Crippen molar-refractivity contribution >= 4 is 6.03 Å². The summed E-state index contributed by atoms with van der Waals surface area (Å²) in [4.78, 5) is 16.5. The van der Waals surface area contributed by atoms with Gasteiger partial charge < -0.3 is 20.1 Å². The molecule has 0 saturated carbocycles. The van der Waals surface area contributed by atoms with Crippen LogP contribution >= 0.6 is 0 Å². The van der Waals surface area contributed by atoms with Gasteiger partial charge in [0.2, 0.25) is 0 Å². The summed E-state index contributed by atoms with van der Waals surface area (Å²) < 4.78 is 7.72. The first kappa shape index (κ1) is 20.1. The molecule has 2 aliphatic rings. The second-order valence-electron chi connectivity index (χ2n) is 7.83. The van der Waals surface area contributed by atoms with Crippen LogP contribution in [0.15, 0.2) is 6.07 Å². The van der Waals surface area contributed by atoms with E-state index in [-0.39, 0.29) is 18.2 Å². The van der Waals surface area contributed by atoms with Gasteiger partial charge in [0.05, 0.1) is 49.8 Å². The van der Waals surface area contributed by atoms with Gasteiger partial charge in [-0.25, -0.2) is 4.79 Å². The maximum Gasteiger partial charge on any atom is 0.317 e. The van der Waals surface area contributed by atoms with Crippen molar-refractivity contribution in [2.24, 2.45) is 0 Å². The Hall–Kier alpha value is -1.64. The van der Waals surface area contributed by atoms with E-state index < -0.39 is 6.10 Å². The molecule has 8 heteroatoms. The van der Waals surface area contributed by atoms with Crippen molar-refractivity contribution in [3.63, 3.8) is 0 Å². The summed E-state index contributed by atoms with van der Waals surface area (Å²) in [6.45, 7) is 11.2. The SMILES string of the molecule is CCCCN1CCn2nc(CNC(=O)N3C[C@H](OC(C)C)[C@@H](O)C3)cc2C1. The zero-order valence-electron chi connectivity index (χ0n) is 16.7. The predicted molar refractivity (Wildman–Crippen MR) is 102 cm³/mol. The number of rotatable bonds is 7. The van der Waals surface area contributed by atoms with Gasteiger partial charge >= 0.3 is 6.03 Å². The Morgan fingerprint density at radius 2 is 2.22 bits per heavy atom. The second kappa shape index (κ2) is 9.03. The van der Waals surface area contributed by atoms with Crippen LogP contribution in [0.25, 0.3) is 0 Å². The quantitative estimate of drug-likeness (QED) is 0.743. The molecule has 0 aliphatic carbocycles. The van der Waals surface area contributed by atoms with E-state index in [0.717, 1.165) is 31.9 Å². The molecule has 0 aromatic carbocycles. The van der Waals surface area contributed by atoms with Gasteiger partial charge in [-0.15, -0.1) is 0 Å². The lowest BCUT2D eigenvalue weighted by atomic mass is 10.2. The smallest absolute Gasteiger partial charge is 0.317 e. The van der Waals surface area contributed by atoms with Gasteiger partial charge in [-0.2, -0.15) is 5.10 Å². The Labute approximate surface area is 161 Å². The van der Waals surface area contributed by atoms with Crippen molar-refractivity contribution in [1.82, 2.24) is 24.9 Å². The fourth-order valence-corrected chi connectivity index (χ4v) is 3.72. The molecule has 0 spiro atoms. The molecule has 1 saturated heterocycles. The average Bonchev–Trinajstić information content (AvgIpc) is 3.20. The number of hydrogen-bond donors (Lipinski definition) is 2. The number of aromatic nitrogens is 2. The Kier molecular flexibility index (Phi) is 6.73. The largest absolute Gasteiger partial charge is 0.388 e. The number of β-amino-alcohol motifs (C(OH)–C–C–N with tert-alkyl or cyclic N) is 1. The van der Waals surface area contributed by atoms with Crippen molar-refractivity contribution in [1.29, 1.82) is 0 Å². The van der Waals surface area contributed by atoms with Crippen LogP contribution in [0, 0.1) is 0 Å². The lowest BCUT2D eigenvalue weighted by molar-refractivity contribution is -0.0393. The zero-order chi connectivity index (χ0) is 19.4. The van der Waals surface area contributed by atoms with Gasteiger partial charge in [-0.05, 0) is 32.9 Å². The number of fused-ring (bicyclic) bond motifs is 1. The zero-order valence-corrected chi connectivity index (χ0v) is 16.7. The number of nitrogens with zero attached hydrogens (tertiary/aromatic N) is 4. The van der Waals surface area contributed by atoms with E-state index in [0.29, 0.717) is 19.6 Å². The summed E-state index contributed by atoms with van der Waals surface area (Å²) in [5.41, 5.74) is 2.09. The highest BCUT2D eigenvalue weighted by Gasteiger charge is 2.35. The highest BCUT2D eigenvalue weighted by molar-refractivity contribution is 5.74. The normalized spacial score (nSPS) is 23.1. The van der Waals surface area contributed by atoms with Crippen LogP contribution in [0.2, 0.25) is 0 Å². The number of ether oxygens (including phenoxy) is 1. The molecule has 152 valence electrons. The van der Waals surface area contributed by atoms with Gasteiger partial charge in [-0.3, -0.25) is 9.58 Å². The number of nitrogens with one attached hydrogen (secondary N) is 1. The van der Waals surface area contributed by atoms with E-state index in [4.69, 9.17) is 4.74 Å². The first-order valence-corrected chi connectivity index (χ1v) is 10.1. The van der Waals surface area contributed by atoms with Gasteiger partial charge in [0.15, 0.2) is 0 Å². The standard InChI is InChI=1S/C19H33N5O3/c1-4-5-6-22-7-8-24-16(11-22)9-15(21-24)10-20-19(26)23-12-17(25)18(13-23)27-14(2)3/h9,14,17-18,25H,4-8,10-13H2,1-3H3,(H,20,26)/t17-,18-/m0/s1. The third kappa shape index (κ3) is 5.21. The molecule has 27 heavy (non-hydrogen) atoms. The minimum atomic E-state index is -0.632. The summed E-state index contributed by atoms with van der Waals surface area (Å²) in [5.74, 6) is 0. The molecular formula is C19H33N5O3. The molecular weight excluding hydrogens is 346 g/mol. The monoisotopic (exact) mass is 379 g/mol. The van der Waals surface area contributed by atoms with Crippen LogP contribution < -0.4 is 5.32 Å². The summed E-state index contributed by atoms with van der Waals surface area (Å²) >= 11 is 0. The third-order valence-electron chi connectivity index (χ3n) is 5.15. The summed E-state index contributed by atoms with van der Waals surface area (Å²) in [6, 6.07) is 1.90. The molecule has 8 nitrogen and oxygen atoms in total. The van der Waals surface area contributed by atoms with E-state index in [1.165, 1.54) is 18.5 Å². The van der Waals surface area contributed by atoms with Crippen molar-refractivity contribution < 1.29 is 14.6 Å². The minimum Gasteiger partial charge on any atom is -0.388 e. The summed E-state index contributed by atoms with van der Waals surface area (Å²) in [6.07, 6.45) is 1.51. The third-order valence-corrected chi connectivity index (χ3v) is 5.15. The second-order valence-corrected chi connectivity index (χ2v) is 7.83. The number of hydrogen-bond acceptors (Lipinski definition) is 5. The molecule has 1 aromatic rings. The lowest BCUT2D eigenvalue weighted by Gasteiger charge is -2.27. The molecule has 3 heterocycles. The molecule has 2 amide bonds. The summed E-state index contributed by atoms with van der Waals surface area (Å²) in [7, 11) is 0. The van der Waals surface area contributed by atoms with Crippen LogP contribution in [0.1, 0.15) is 45.0 Å². The van der Waals surface area contributed by atoms with Gasteiger partial charge in [0.25, 0.3) is 0 Å². The Morgan fingerprint density at radius 3 is 2.96 bits per heavy atom. The van der Waals surface area contributed by atoms with Crippen LogP contribution in [0.4, 0.5) is 4.79 Å². The number of carbonyl (C=O) groups excluding carboxylic acids is 1. The van der Waals surface area contributed by atoms with Gasteiger partial charge in [0.1, 0.15) is 6.10 Å². The molecule has 0 bridgehead atoms. The average molecular weight is 380 g/mol. The fraction of sp³-hybridized carbons (Fsp3) is 0.789.